The molecule has 2 aliphatic heterocycles. The number of halogens is 3. The molecule has 0 spiro atoms. The Morgan fingerprint density at radius 3 is 2.58 bits per heavy atom. The lowest BCUT2D eigenvalue weighted by molar-refractivity contribution is -0.117. The number of benzene rings is 1. The van der Waals surface area contributed by atoms with Crippen LogP contribution in [0.25, 0.3) is 0 Å². The number of aliphatic imine (C=N–C) groups is 2. The molecule has 1 aromatic carbocycles. The van der Waals surface area contributed by atoms with Gasteiger partial charge in [0, 0.05) is 61.8 Å². The number of nitrogens with two attached hydrogens (primary N) is 2. The number of alkyl halides is 3. The molecule has 0 aromatic heterocycles. The molecular formula is C30H35F3N8O2. The summed E-state index contributed by atoms with van der Waals surface area (Å²) >= 11 is 0. The predicted molar refractivity (Wildman–Crippen MR) is 161 cm³/mol. The Morgan fingerprint density at radius 2 is 1.88 bits per heavy atom. The van der Waals surface area contributed by atoms with Crippen molar-refractivity contribution in [3.8, 4) is 0 Å². The highest BCUT2D eigenvalue weighted by Gasteiger charge is 2.33. The van der Waals surface area contributed by atoms with Crippen molar-refractivity contribution >= 4 is 29.7 Å². The summed E-state index contributed by atoms with van der Waals surface area (Å²) in [4.78, 5) is 34.8. The first-order chi connectivity index (χ1) is 20.4. The van der Waals surface area contributed by atoms with E-state index in [9.17, 15) is 22.8 Å². The third-order valence-corrected chi connectivity index (χ3v) is 7.01. The van der Waals surface area contributed by atoms with Gasteiger partial charge in [-0.2, -0.15) is 13.2 Å². The van der Waals surface area contributed by atoms with Gasteiger partial charge in [0.15, 0.2) is 0 Å². The number of allylic oxidation sites excluding steroid dienone is 4. The van der Waals surface area contributed by atoms with Gasteiger partial charge in [-0.15, -0.1) is 0 Å². The van der Waals surface area contributed by atoms with Gasteiger partial charge in [-0.1, -0.05) is 12.1 Å². The summed E-state index contributed by atoms with van der Waals surface area (Å²) in [6, 6.07) is 4.80. The zero-order valence-corrected chi connectivity index (χ0v) is 24.0. The van der Waals surface area contributed by atoms with Crippen LogP contribution in [0.5, 0.6) is 0 Å². The number of carbonyl (C=O) groups is 2. The van der Waals surface area contributed by atoms with Crippen molar-refractivity contribution < 1.29 is 22.8 Å². The predicted octanol–water partition coefficient (Wildman–Crippen LogP) is 3.85. The molecule has 1 aliphatic carbocycles. The standard InChI is InChI=1S/C30H35F3N8O2/c1-19-5-7-22(14-27(19)41(35)18-26(34)23-9-10-36-29(37-16-23)38-20(2)42)28(43)39-25-8-6-21(17-40-11-3-4-12-40)13-24(15-25)30(31,32)33/h5-7,10,13-16,18H,3-4,8-9,11-12,17,34-35H2,1-2H3,(H,39,43)(H,37,38,42)/b26-18-. The maximum absolute atomic E-state index is 13.8. The molecule has 2 amide bonds. The number of guanidine groups is 1. The Balaban J connectivity index is 1.50. The molecule has 0 atom stereocenters. The first-order valence-electron chi connectivity index (χ1n) is 13.8. The monoisotopic (exact) mass is 596 g/mol. The van der Waals surface area contributed by atoms with E-state index in [4.69, 9.17) is 11.6 Å². The minimum atomic E-state index is -4.57. The lowest BCUT2D eigenvalue weighted by Crippen LogP contribution is -2.28. The minimum Gasteiger partial charge on any atom is -0.397 e. The molecule has 1 saturated heterocycles. The highest BCUT2D eigenvalue weighted by molar-refractivity contribution is 6.00. The van der Waals surface area contributed by atoms with Gasteiger partial charge in [0.2, 0.25) is 11.9 Å². The molecule has 1 fully saturated rings. The van der Waals surface area contributed by atoms with Crippen molar-refractivity contribution in [3.05, 3.63) is 88.1 Å². The van der Waals surface area contributed by atoms with Gasteiger partial charge in [0.25, 0.3) is 5.91 Å². The van der Waals surface area contributed by atoms with Crippen LogP contribution in [0.2, 0.25) is 0 Å². The molecule has 10 nitrogen and oxygen atoms in total. The molecule has 6 N–H and O–H groups in total. The summed E-state index contributed by atoms with van der Waals surface area (Å²) < 4.78 is 41.5. The zero-order chi connectivity index (χ0) is 31.1. The zero-order valence-electron chi connectivity index (χ0n) is 24.0. The van der Waals surface area contributed by atoms with E-state index >= 15 is 0 Å². The van der Waals surface area contributed by atoms with Gasteiger partial charge in [-0.25, -0.2) is 15.8 Å². The highest BCUT2D eigenvalue weighted by Crippen LogP contribution is 2.31. The molecule has 0 bridgehead atoms. The SMILES string of the molecule is CC(=O)NC1=NC=C(/C(N)=C/N(N)c2cc(C(=O)NC3=CC(C(F)(F)F)=CC(CN4CCCC4)=CC3)ccc2C)CC=N1. The fourth-order valence-electron chi connectivity index (χ4n) is 4.77. The average Bonchev–Trinajstić information content (AvgIpc) is 3.21. The summed E-state index contributed by atoms with van der Waals surface area (Å²) in [5.74, 6) is 5.55. The van der Waals surface area contributed by atoms with Crippen LogP contribution in [0.4, 0.5) is 18.9 Å². The number of anilines is 1. The van der Waals surface area contributed by atoms with Crippen LogP contribution < -0.4 is 27.2 Å². The van der Waals surface area contributed by atoms with Crippen LogP contribution in [-0.2, 0) is 4.79 Å². The number of hydrazine groups is 1. The number of carbonyl (C=O) groups excluding carboxylic acids is 2. The second-order valence-electron chi connectivity index (χ2n) is 10.5. The van der Waals surface area contributed by atoms with Gasteiger partial charge >= 0.3 is 6.18 Å². The number of amides is 2. The maximum atomic E-state index is 13.8. The lowest BCUT2D eigenvalue weighted by Gasteiger charge is -2.19. The van der Waals surface area contributed by atoms with E-state index in [2.05, 4.69) is 25.5 Å². The van der Waals surface area contributed by atoms with Crippen LogP contribution in [0.15, 0.2) is 86.9 Å². The van der Waals surface area contributed by atoms with Crippen LogP contribution in [0.3, 0.4) is 0 Å². The first kappa shape index (κ1) is 31.4. The van der Waals surface area contributed by atoms with Gasteiger partial charge in [-0.05, 0) is 68.3 Å². The number of nitrogens with one attached hydrogen (secondary N) is 2. The van der Waals surface area contributed by atoms with Crippen molar-refractivity contribution in [1.82, 2.24) is 15.5 Å². The number of nitrogens with zero attached hydrogens (tertiary/aromatic N) is 4. The van der Waals surface area contributed by atoms with Crippen LogP contribution in [0.1, 0.15) is 48.5 Å². The molecule has 3 aliphatic rings. The van der Waals surface area contributed by atoms with Crippen molar-refractivity contribution in [2.24, 2.45) is 21.6 Å². The van der Waals surface area contributed by atoms with E-state index in [1.54, 1.807) is 31.3 Å². The Labute approximate surface area is 248 Å². The third kappa shape index (κ3) is 8.75. The number of aryl methyl sites for hydroxylation is 1. The summed E-state index contributed by atoms with van der Waals surface area (Å²) in [5, 5.41) is 6.40. The van der Waals surface area contributed by atoms with E-state index in [-0.39, 0.29) is 35.2 Å². The van der Waals surface area contributed by atoms with Crippen molar-refractivity contribution in [2.45, 2.75) is 45.7 Å². The second-order valence-corrected chi connectivity index (χ2v) is 10.5. The summed E-state index contributed by atoms with van der Waals surface area (Å²) in [6.07, 6.45) is 6.36. The fourth-order valence-corrected chi connectivity index (χ4v) is 4.77. The number of hydrogen-bond donors (Lipinski definition) is 4. The van der Waals surface area contributed by atoms with E-state index in [0.29, 0.717) is 29.8 Å². The first-order valence-corrected chi connectivity index (χ1v) is 13.8. The van der Waals surface area contributed by atoms with Gasteiger partial charge in [0.1, 0.15) is 0 Å². The minimum absolute atomic E-state index is 0.134. The van der Waals surface area contributed by atoms with E-state index in [0.717, 1.165) is 43.6 Å². The van der Waals surface area contributed by atoms with Crippen LogP contribution in [-0.4, -0.2) is 54.7 Å². The lowest BCUT2D eigenvalue weighted by atomic mass is 10.1. The summed E-state index contributed by atoms with van der Waals surface area (Å²) in [5.41, 5.74) is 8.43. The van der Waals surface area contributed by atoms with Crippen molar-refractivity contribution in [3.63, 3.8) is 0 Å². The van der Waals surface area contributed by atoms with E-state index < -0.39 is 17.7 Å². The molecule has 228 valence electrons. The number of likely N-dealkylation sites (tertiary alicyclic amines) is 1. The second kappa shape index (κ2) is 13.7. The van der Waals surface area contributed by atoms with Crippen LogP contribution >= 0.6 is 0 Å². The van der Waals surface area contributed by atoms with Gasteiger partial charge in [-0.3, -0.25) is 24.8 Å². The summed E-state index contributed by atoms with van der Waals surface area (Å²) in [7, 11) is 0. The summed E-state index contributed by atoms with van der Waals surface area (Å²) in [6.45, 7) is 5.29. The molecule has 0 saturated carbocycles. The van der Waals surface area contributed by atoms with E-state index in [1.165, 1.54) is 30.4 Å². The highest BCUT2D eigenvalue weighted by atomic mass is 19.4. The third-order valence-electron chi connectivity index (χ3n) is 7.01. The van der Waals surface area contributed by atoms with Crippen LogP contribution in [0, 0.1) is 6.92 Å². The molecule has 4 rings (SSSR count). The average molecular weight is 597 g/mol. The maximum Gasteiger partial charge on any atom is 0.416 e. The molecular weight excluding hydrogens is 561 g/mol. The van der Waals surface area contributed by atoms with Crippen molar-refractivity contribution in [2.75, 3.05) is 24.6 Å². The Hall–Kier alpha value is -4.49. The molecule has 13 heteroatoms. The normalized spacial score (nSPS) is 18.0. The number of rotatable bonds is 7. The Kier molecular flexibility index (Phi) is 9.99. The van der Waals surface area contributed by atoms with Gasteiger partial charge in [0.05, 0.1) is 17.0 Å². The largest absolute Gasteiger partial charge is 0.416 e. The quantitative estimate of drug-likeness (QED) is 0.278. The van der Waals surface area contributed by atoms with Crippen molar-refractivity contribution in [1.29, 1.82) is 0 Å². The van der Waals surface area contributed by atoms with Gasteiger partial charge < -0.3 is 11.1 Å². The topological polar surface area (TPSA) is 141 Å². The molecule has 43 heavy (non-hydrogen) atoms. The fraction of sp³-hybridized carbons (Fsp3) is 0.333. The Bertz CT molecular complexity index is 1480. The smallest absolute Gasteiger partial charge is 0.397 e. The number of hydrogen-bond acceptors (Lipinski definition) is 8. The Morgan fingerprint density at radius 1 is 1.14 bits per heavy atom. The molecule has 1 aromatic rings. The molecule has 0 radical (unpaired) electrons. The molecule has 0 unspecified atom stereocenters. The molecule has 2 heterocycles. The van der Waals surface area contributed by atoms with E-state index in [1.807, 2.05) is 0 Å².